The molecule has 2 aromatic rings. The molecule has 0 atom stereocenters. The molecule has 0 saturated carbocycles. The van der Waals surface area contributed by atoms with E-state index in [1.807, 2.05) is 26.2 Å². The largest absolute Gasteiger partial charge is 0.465 e. The Morgan fingerprint density at radius 1 is 1.32 bits per heavy atom. The van der Waals surface area contributed by atoms with Crippen LogP contribution in [0.25, 0.3) is 0 Å². The molecule has 19 heavy (non-hydrogen) atoms. The van der Waals surface area contributed by atoms with E-state index < -0.39 is 0 Å². The van der Waals surface area contributed by atoms with Crippen molar-refractivity contribution in [3.63, 3.8) is 0 Å². The van der Waals surface area contributed by atoms with Crippen LogP contribution in [0.5, 0.6) is 0 Å². The van der Waals surface area contributed by atoms with Crippen LogP contribution >= 0.6 is 0 Å². The first-order chi connectivity index (χ1) is 8.85. The van der Waals surface area contributed by atoms with Gasteiger partial charge < -0.3 is 14.3 Å². The highest BCUT2D eigenvalue weighted by Gasteiger charge is 2.12. The molecule has 1 N–H and O–H groups in total. The summed E-state index contributed by atoms with van der Waals surface area (Å²) in [5.74, 6) is 2.99. The van der Waals surface area contributed by atoms with Gasteiger partial charge in [-0.05, 0) is 40.7 Å². The minimum absolute atomic E-state index is 0.0990. The molecule has 0 saturated heterocycles. The Morgan fingerprint density at radius 2 is 2.05 bits per heavy atom. The topological polar surface area (TPSA) is 43.0 Å². The molecular weight excluding hydrogens is 238 g/mol. The van der Waals surface area contributed by atoms with Gasteiger partial charge in [-0.2, -0.15) is 0 Å². The van der Waals surface area contributed by atoms with Crippen molar-refractivity contribution in [3.05, 3.63) is 41.4 Å². The van der Waals surface area contributed by atoms with Gasteiger partial charge in [0.25, 0.3) is 0 Å². The highest BCUT2D eigenvalue weighted by atomic mass is 16.3. The van der Waals surface area contributed by atoms with Crippen molar-refractivity contribution in [2.75, 3.05) is 0 Å². The third kappa shape index (κ3) is 3.70. The molecule has 2 aromatic heterocycles. The Hall–Kier alpha value is -1.55. The van der Waals surface area contributed by atoms with Gasteiger partial charge in [0.2, 0.25) is 0 Å². The molecule has 0 unspecified atom stereocenters. The predicted molar refractivity (Wildman–Crippen MR) is 76.1 cm³/mol. The normalized spacial score (nSPS) is 12.1. The van der Waals surface area contributed by atoms with Crippen molar-refractivity contribution in [2.45, 2.75) is 53.2 Å². The van der Waals surface area contributed by atoms with E-state index in [9.17, 15) is 0 Å². The Balaban J connectivity index is 2.07. The molecular formula is C15H23N3O. The van der Waals surface area contributed by atoms with E-state index in [0.29, 0.717) is 0 Å². The number of aromatic nitrogens is 2. The first-order valence-corrected chi connectivity index (χ1v) is 6.66. The van der Waals surface area contributed by atoms with Crippen molar-refractivity contribution in [1.29, 1.82) is 0 Å². The summed E-state index contributed by atoms with van der Waals surface area (Å²) in [6, 6.07) is 2.13. The second-order valence-corrected chi connectivity index (χ2v) is 6.00. The average molecular weight is 261 g/mol. The molecule has 0 amide bonds. The minimum Gasteiger partial charge on any atom is -0.465 e. The van der Waals surface area contributed by atoms with Gasteiger partial charge in [0.1, 0.15) is 17.3 Å². The molecule has 0 aliphatic rings. The third-order valence-corrected chi connectivity index (χ3v) is 3.13. The van der Waals surface area contributed by atoms with Crippen molar-refractivity contribution < 1.29 is 4.42 Å². The Morgan fingerprint density at radius 3 is 2.63 bits per heavy atom. The molecule has 0 fully saturated rings. The van der Waals surface area contributed by atoms with Gasteiger partial charge in [0.05, 0.1) is 13.1 Å². The van der Waals surface area contributed by atoms with E-state index in [-0.39, 0.29) is 5.54 Å². The van der Waals surface area contributed by atoms with Crippen molar-refractivity contribution in [1.82, 2.24) is 14.9 Å². The molecule has 2 rings (SSSR count). The van der Waals surface area contributed by atoms with Gasteiger partial charge >= 0.3 is 0 Å². The van der Waals surface area contributed by atoms with E-state index in [1.165, 1.54) is 5.56 Å². The van der Waals surface area contributed by atoms with Gasteiger partial charge in [-0.1, -0.05) is 0 Å². The Labute approximate surface area is 114 Å². The lowest BCUT2D eigenvalue weighted by Crippen LogP contribution is -2.34. The maximum atomic E-state index is 5.80. The van der Waals surface area contributed by atoms with Crippen LogP contribution in [-0.2, 0) is 13.1 Å². The minimum atomic E-state index is 0.0990. The van der Waals surface area contributed by atoms with E-state index in [4.69, 9.17) is 4.42 Å². The van der Waals surface area contributed by atoms with Crippen LogP contribution in [0.3, 0.4) is 0 Å². The average Bonchev–Trinajstić information content (AvgIpc) is 2.84. The van der Waals surface area contributed by atoms with Crippen LogP contribution in [0.2, 0.25) is 0 Å². The van der Waals surface area contributed by atoms with Crippen molar-refractivity contribution in [2.24, 2.45) is 0 Å². The Bertz CT molecular complexity index is 546. The standard InChI is InChI=1S/C15H23N3O/c1-11-13(10-18-7-6-16-12(18)2)8-14(19-11)9-17-15(3,4)5/h6-8,17H,9-10H2,1-5H3. The maximum absolute atomic E-state index is 5.80. The first kappa shape index (κ1) is 13.9. The number of furan rings is 1. The highest BCUT2D eigenvalue weighted by molar-refractivity contribution is 5.21. The molecule has 4 nitrogen and oxygen atoms in total. The maximum Gasteiger partial charge on any atom is 0.118 e. The van der Waals surface area contributed by atoms with Gasteiger partial charge in [-0.15, -0.1) is 0 Å². The fraction of sp³-hybridized carbons (Fsp3) is 0.533. The predicted octanol–water partition coefficient (Wildman–Crippen LogP) is 3.03. The SMILES string of the molecule is Cc1oc(CNC(C)(C)C)cc1Cn1ccnc1C. The summed E-state index contributed by atoms with van der Waals surface area (Å²) in [4.78, 5) is 4.24. The van der Waals surface area contributed by atoms with E-state index in [1.54, 1.807) is 0 Å². The zero-order valence-corrected chi connectivity index (χ0v) is 12.4. The van der Waals surface area contributed by atoms with Gasteiger partial charge in [-0.3, -0.25) is 0 Å². The highest BCUT2D eigenvalue weighted by Crippen LogP contribution is 2.17. The summed E-state index contributed by atoms with van der Waals surface area (Å²) in [6.07, 6.45) is 3.82. The van der Waals surface area contributed by atoms with Crippen LogP contribution in [-0.4, -0.2) is 15.1 Å². The summed E-state index contributed by atoms with van der Waals surface area (Å²) in [5.41, 5.74) is 1.31. The van der Waals surface area contributed by atoms with Crippen LogP contribution in [0.15, 0.2) is 22.9 Å². The number of nitrogens with one attached hydrogen (secondary N) is 1. The number of aryl methyl sites for hydroxylation is 2. The molecule has 0 radical (unpaired) electrons. The lowest BCUT2D eigenvalue weighted by atomic mass is 10.1. The second-order valence-electron chi connectivity index (χ2n) is 6.00. The van der Waals surface area contributed by atoms with Crippen LogP contribution in [0.4, 0.5) is 0 Å². The zero-order chi connectivity index (χ0) is 14.0. The fourth-order valence-electron chi connectivity index (χ4n) is 1.94. The number of hydrogen-bond donors (Lipinski definition) is 1. The Kier molecular flexibility index (Phi) is 3.80. The number of nitrogens with zero attached hydrogens (tertiary/aromatic N) is 2. The lowest BCUT2D eigenvalue weighted by molar-refractivity contribution is 0.382. The summed E-state index contributed by atoms with van der Waals surface area (Å²) < 4.78 is 7.93. The van der Waals surface area contributed by atoms with Crippen LogP contribution in [0, 0.1) is 13.8 Å². The molecule has 0 aromatic carbocycles. The number of rotatable bonds is 4. The van der Waals surface area contributed by atoms with Gasteiger partial charge in [0, 0.05) is 23.5 Å². The fourth-order valence-corrected chi connectivity index (χ4v) is 1.94. The molecule has 0 aliphatic carbocycles. The van der Waals surface area contributed by atoms with E-state index in [2.05, 4.69) is 41.7 Å². The molecule has 2 heterocycles. The molecule has 0 spiro atoms. The summed E-state index contributed by atoms with van der Waals surface area (Å²) in [5, 5.41) is 3.44. The van der Waals surface area contributed by atoms with E-state index >= 15 is 0 Å². The lowest BCUT2D eigenvalue weighted by Gasteiger charge is -2.19. The molecule has 0 aliphatic heterocycles. The van der Waals surface area contributed by atoms with Crippen LogP contribution in [0.1, 0.15) is 43.7 Å². The molecule has 0 bridgehead atoms. The first-order valence-electron chi connectivity index (χ1n) is 6.66. The zero-order valence-electron chi connectivity index (χ0n) is 12.4. The molecule has 104 valence electrons. The van der Waals surface area contributed by atoms with Gasteiger partial charge in [0.15, 0.2) is 0 Å². The third-order valence-electron chi connectivity index (χ3n) is 3.13. The summed E-state index contributed by atoms with van der Waals surface area (Å²) in [6.45, 7) is 12.1. The van der Waals surface area contributed by atoms with E-state index in [0.717, 1.165) is 30.4 Å². The quantitative estimate of drug-likeness (QED) is 0.920. The smallest absolute Gasteiger partial charge is 0.118 e. The number of imidazole rings is 1. The van der Waals surface area contributed by atoms with Crippen LogP contribution < -0.4 is 5.32 Å². The van der Waals surface area contributed by atoms with Crippen molar-refractivity contribution in [3.8, 4) is 0 Å². The van der Waals surface area contributed by atoms with Gasteiger partial charge in [-0.25, -0.2) is 4.98 Å². The monoisotopic (exact) mass is 261 g/mol. The molecule has 4 heteroatoms. The number of hydrogen-bond acceptors (Lipinski definition) is 3. The summed E-state index contributed by atoms with van der Waals surface area (Å²) in [7, 11) is 0. The summed E-state index contributed by atoms with van der Waals surface area (Å²) >= 11 is 0. The van der Waals surface area contributed by atoms with Crippen molar-refractivity contribution >= 4 is 0 Å². The second kappa shape index (κ2) is 5.21.